The monoisotopic (exact) mass is 400 g/mol. The standard InChI is InChI=1S/C27H44O2/c1-2-3-4-5-6-7-8-9-10-11-12-13-14-15-16-17-18-25-19-21-26(22-20-25)28-23-27-24-29-27/h13-14,19-22,27H,2-12,15-18,23-24H2,1H3/b14-13+. The third kappa shape index (κ3) is 13.5. The fourth-order valence-electron chi connectivity index (χ4n) is 3.68. The predicted molar refractivity (Wildman–Crippen MR) is 125 cm³/mol. The summed E-state index contributed by atoms with van der Waals surface area (Å²) < 4.78 is 10.8. The summed E-state index contributed by atoms with van der Waals surface area (Å²) in [7, 11) is 0. The Kier molecular flexibility index (Phi) is 13.7. The largest absolute Gasteiger partial charge is 0.491 e. The Bertz CT molecular complexity index is 516. The molecule has 0 aromatic heterocycles. The minimum atomic E-state index is 0.327. The Morgan fingerprint density at radius 2 is 1.34 bits per heavy atom. The predicted octanol–water partition coefficient (Wildman–Crippen LogP) is 8.04. The molecule has 0 aliphatic carbocycles. The summed E-state index contributed by atoms with van der Waals surface area (Å²) in [6.07, 6.45) is 25.5. The van der Waals surface area contributed by atoms with Crippen LogP contribution in [0, 0.1) is 0 Å². The Morgan fingerprint density at radius 1 is 0.793 bits per heavy atom. The minimum absolute atomic E-state index is 0.327. The number of unbranched alkanes of at least 4 members (excludes halogenated alkanes) is 12. The summed E-state index contributed by atoms with van der Waals surface area (Å²) in [4.78, 5) is 0. The number of aryl methyl sites for hydroxylation is 1. The summed E-state index contributed by atoms with van der Waals surface area (Å²) in [5, 5.41) is 0. The van der Waals surface area contributed by atoms with Crippen molar-refractivity contribution < 1.29 is 9.47 Å². The van der Waals surface area contributed by atoms with Crippen molar-refractivity contribution in [3.8, 4) is 5.75 Å². The first-order valence-electron chi connectivity index (χ1n) is 12.4. The maximum atomic E-state index is 5.69. The summed E-state index contributed by atoms with van der Waals surface area (Å²) >= 11 is 0. The molecule has 0 amide bonds. The molecule has 1 aliphatic rings. The summed E-state index contributed by atoms with van der Waals surface area (Å²) in [5.74, 6) is 0.958. The van der Waals surface area contributed by atoms with Gasteiger partial charge in [0.15, 0.2) is 0 Å². The SMILES string of the molecule is CCCCCCCCCCCC/C=C/CCCCc1ccc(OCC2CO2)cc1. The lowest BCUT2D eigenvalue weighted by Crippen LogP contribution is -2.03. The number of rotatable bonds is 19. The molecule has 1 unspecified atom stereocenters. The average molecular weight is 401 g/mol. The summed E-state index contributed by atoms with van der Waals surface area (Å²) in [5.41, 5.74) is 1.41. The van der Waals surface area contributed by atoms with E-state index in [9.17, 15) is 0 Å². The number of allylic oxidation sites excluding steroid dienone is 2. The third-order valence-electron chi connectivity index (χ3n) is 5.74. The highest BCUT2D eigenvalue weighted by Crippen LogP contribution is 2.17. The first-order chi connectivity index (χ1) is 14.4. The van der Waals surface area contributed by atoms with Crippen LogP contribution in [-0.4, -0.2) is 19.3 Å². The van der Waals surface area contributed by atoms with Crippen LogP contribution >= 0.6 is 0 Å². The highest BCUT2D eigenvalue weighted by Gasteiger charge is 2.22. The Balaban J connectivity index is 1.34. The molecule has 1 aliphatic heterocycles. The van der Waals surface area contributed by atoms with Gasteiger partial charge >= 0.3 is 0 Å². The molecule has 2 nitrogen and oxygen atoms in total. The van der Waals surface area contributed by atoms with Crippen LogP contribution in [-0.2, 0) is 11.2 Å². The van der Waals surface area contributed by atoms with Crippen molar-refractivity contribution in [1.29, 1.82) is 0 Å². The van der Waals surface area contributed by atoms with Gasteiger partial charge in [0.2, 0.25) is 0 Å². The van der Waals surface area contributed by atoms with Crippen molar-refractivity contribution in [1.82, 2.24) is 0 Å². The first kappa shape index (κ1) is 24.0. The van der Waals surface area contributed by atoms with Gasteiger partial charge in [0, 0.05) is 0 Å². The maximum Gasteiger partial charge on any atom is 0.119 e. The van der Waals surface area contributed by atoms with E-state index in [4.69, 9.17) is 9.47 Å². The van der Waals surface area contributed by atoms with Gasteiger partial charge in [-0.15, -0.1) is 0 Å². The van der Waals surface area contributed by atoms with E-state index in [0.29, 0.717) is 12.7 Å². The van der Waals surface area contributed by atoms with Gasteiger partial charge in [-0.25, -0.2) is 0 Å². The average Bonchev–Trinajstić information content (AvgIpc) is 3.57. The molecule has 1 aromatic carbocycles. The van der Waals surface area contributed by atoms with Crippen LogP contribution < -0.4 is 4.74 Å². The second kappa shape index (κ2) is 16.5. The number of ether oxygens (including phenoxy) is 2. The number of hydrogen-bond donors (Lipinski definition) is 0. The van der Waals surface area contributed by atoms with E-state index in [1.54, 1.807) is 0 Å². The molecule has 0 saturated carbocycles. The second-order valence-corrected chi connectivity index (χ2v) is 8.60. The van der Waals surface area contributed by atoms with Gasteiger partial charge in [0.05, 0.1) is 6.61 Å². The molecular weight excluding hydrogens is 356 g/mol. The van der Waals surface area contributed by atoms with Crippen LogP contribution in [0.5, 0.6) is 5.75 Å². The zero-order chi connectivity index (χ0) is 20.4. The molecule has 0 radical (unpaired) electrons. The molecule has 164 valence electrons. The van der Waals surface area contributed by atoms with Gasteiger partial charge in [-0.2, -0.15) is 0 Å². The zero-order valence-corrected chi connectivity index (χ0v) is 18.9. The fourth-order valence-corrected chi connectivity index (χ4v) is 3.68. The zero-order valence-electron chi connectivity index (χ0n) is 18.9. The molecule has 1 fully saturated rings. The molecule has 0 spiro atoms. The lowest BCUT2D eigenvalue weighted by molar-refractivity contribution is 0.263. The van der Waals surface area contributed by atoms with Crippen molar-refractivity contribution in [2.24, 2.45) is 0 Å². The normalized spacial score (nSPS) is 15.8. The second-order valence-electron chi connectivity index (χ2n) is 8.60. The van der Waals surface area contributed by atoms with E-state index in [2.05, 4.69) is 43.3 Å². The molecule has 1 saturated heterocycles. The van der Waals surface area contributed by atoms with Gasteiger partial charge in [-0.05, 0) is 56.2 Å². The van der Waals surface area contributed by atoms with Crippen LogP contribution in [0.25, 0.3) is 0 Å². The van der Waals surface area contributed by atoms with E-state index in [0.717, 1.165) is 18.8 Å². The molecule has 1 heterocycles. The van der Waals surface area contributed by atoms with Crippen molar-refractivity contribution in [2.45, 2.75) is 109 Å². The van der Waals surface area contributed by atoms with Crippen molar-refractivity contribution in [3.63, 3.8) is 0 Å². The van der Waals surface area contributed by atoms with Gasteiger partial charge in [-0.1, -0.05) is 89.0 Å². The van der Waals surface area contributed by atoms with E-state index >= 15 is 0 Å². The van der Waals surface area contributed by atoms with E-state index < -0.39 is 0 Å². The molecule has 2 rings (SSSR count). The molecular formula is C27H44O2. The van der Waals surface area contributed by atoms with Crippen LogP contribution in [0.15, 0.2) is 36.4 Å². The Morgan fingerprint density at radius 3 is 1.93 bits per heavy atom. The van der Waals surface area contributed by atoms with Gasteiger partial charge in [0.25, 0.3) is 0 Å². The molecule has 1 atom stereocenters. The number of benzene rings is 1. The van der Waals surface area contributed by atoms with Crippen molar-refractivity contribution >= 4 is 0 Å². The molecule has 2 heteroatoms. The maximum absolute atomic E-state index is 5.69. The van der Waals surface area contributed by atoms with Crippen molar-refractivity contribution in [3.05, 3.63) is 42.0 Å². The fraction of sp³-hybridized carbons (Fsp3) is 0.704. The topological polar surface area (TPSA) is 21.8 Å². The van der Waals surface area contributed by atoms with E-state index in [1.807, 2.05) is 0 Å². The Labute approximate surface area is 180 Å². The quantitative estimate of drug-likeness (QED) is 0.133. The van der Waals surface area contributed by atoms with Crippen LogP contribution in [0.1, 0.15) is 102 Å². The van der Waals surface area contributed by atoms with E-state index in [1.165, 1.54) is 95.5 Å². The molecule has 29 heavy (non-hydrogen) atoms. The lowest BCUT2D eigenvalue weighted by Gasteiger charge is -2.05. The highest BCUT2D eigenvalue weighted by atomic mass is 16.6. The van der Waals surface area contributed by atoms with Gasteiger partial charge < -0.3 is 9.47 Å². The summed E-state index contributed by atoms with van der Waals surface area (Å²) in [6, 6.07) is 8.57. The molecule has 0 N–H and O–H groups in total. The van der Waals surface area contributed by atoms with Crippen LogP contribution in [0.4, 0.5) is 0 Å². The minimum Gasteiger partial charge on any atom is -0.491 e. The van der Waals surface area contributed by atoms with Gasteiger partial charge in [0.1, 0.15) is 18.5 Å². The first-order valence-corrected chi connectivity index (χ1v) is 12.4. The highest BCUT2D eigenvalue weighted by molar-refractivity contribution is 5.27. The van der Waals surface area contributed by atoms with Crippen LogP contribution in [0.3, 0.4) is 0 Å². The summed E-state index contributed by atoms with van der Waals surface area (Å²) in [6.45, 7) is 3.83. The number of epoxide rings is 1. The number of hydrogen-bond acceptors (Lipinski definition) is 2. The molecule has 1 aromatic rings. The Hall–Kier alpha value is -1.28. The van der Waals surface area contributed by atoms with Gasteiger partial charge in [-0.3, -0.25) is 0 Å². The molecule has 0 bridgehead atoms. The van der Waals surface area contributed by atoms with Crippen molar-refractivity contribution in [2.75, 3.05) is 13.2 Å². The van der Waals surface area contributed by atoms with Crippen LogP contribution in [0.2, 0.25) is 0 Å². The smallest absolute Gasteiger partial charge is 0.119 e. The van der Waals surface area contributed by atoms with E-state index in [-0.39, 0.29) is 0 Å². The lowest BCUT2D eigenvalue weighted by atomic mass is 10.1. The third-order valence-corrected chi connectivity index (χ3v) is 5.74.